The number of hydrogen-bond donors (Lipinski definition) is 2. The number of carbonyl (C=O) groups is 1. The molecule has 1 aliphatic heterocycles. The number of rotatable bonds is 7. The van der Waals surface area contributed by atoms with Gasteiger partial charge in [0, 0.05) is 24.9 Å². The number of amides is 1. The average molecular weight is 345 g/mol. The Hall–Kier alpha value is -1.69. The van der Waals surface area contributed by atoms with Crippen molar-refractivity contribution in [1.29, 1.82) is 0 Å². The van der Waals surface area contributed by atoms with Gasteiger partial charge in [0.1, 0.15) is 5.82 Å². The quantitative estimate of drug-likeness (QED) is 0.744. The van der Waals surface area contributed by atoms with Crippen LogP contribution in [-0.2, 0) is 17.8 Å². The maximum absolute atomic E-state index is 12.0. The van der Waals surface area contributed by atoms with Gasteiger partial charge in [-0.05, 0) is 38.5 Å². The summed E-state index contributed by atoms with van der Waals surface area (Å²) in [5.41, 5.74) is 1.51. The summed E-state index contributed by atoms with van der Waals surface area (Å²) in [6, 6.07) is 0.293. The number of nitrogens with one attached hydrogen (secondary N) is 2. The van der Waals surface area contributed by atoms with Crippen molar-refractivity contribution in [3.05, 3.63) is 23.3 Å². The van der Waals surface area contributed by atoms with Gasteiger partial charge in [-0.15, -0.1) is 0 Å². The van der Waals surface area contributed by atoms with Gasteiger partial charge < -0.3 is 10.6 Å². The summed E-state index contributed by atoms with van der Waals surface area (Å²) in [7, 11) is 0. The number of carbonyl (C=O) groups excluding carboxylic acids is 1. The Labute approximate surface area is 150 Å². The van der Waals surface area contributed by atoms with Crippen LogP contribution in [0.3, 0.4) is 0 Å². The number of nitrogens with zero attached hydrogens (tertiary/aromatic N) is 3. The van der Waals surface area contributed by atoms with E-state index in [9.17, 15) is 4.79 Å². The largest absolute Gasteiger partial charge is 0.355 e. The van der Waals surface area contributed by atoms with E-state index in [1.54, 1.807) is 0 Å². The van der Waals surface area contributed by atoms with Gasteiger partial charge >= 0.3 is 0 Å². The molecule has 1 amide bonds. The van der Waals surface area contributed by atoms with Crippen LogP contribution in [0.15, 0.2) is 11.6 Å². The molecule has 1 aliphatic carbocycles. The maximum atomic E-state index is 12.0. The minimum absolute atomic E-state index is 0.0867. The molecule has 138 valence electrons. The number of allylic oxidation sites excluding steroid dienone is 1. The predicted octanol–water partition coefficient (Wildman–Crippen LogP) is 2.31. The number of fused-ring (bicyclic) bond motifs is 1. The number of aromatic nitrogens is 3. The zero-order valence-corrected chi connectivity index (χ0v) is 15.6. The molecule has 6 heteroatoms. The molecule has 6 nitrogen and oxygen atoms in total. The van der Waals surface area contributed by atoms with E-state index in [0.29, 0.717) is 18.5 Å². The van der Waals surface area contributed by atoms with Crippen molar-refractivity contribution in [2.24, 2.45) is 0 Å². The lowest BCUT2D eigenvalue weighted by molar-refractivity contribution is -0.120. The van der Waals surface area contributed by atoms with E-state index in [-0.39, 0.29) is 5.91 Å². The van der Waals surface area contributed by atoms with E-state index >= 15 is 0 Å². The van der Waals surface area contributed by atoms with Gasteiger partial charge in [-0.1, -0.05) is 25.5 Å². The highest BCUT2D eigenvalue weighted by atomic mass is 16.1. The van der Waals surface area contributed by atoms with Crippen LogP contribution in [0.1, 0.15) is 69.9 Å². The Morgan fingerprint density at radius 2 is 2.24 bits per heavy atom. The van der Waals surface area contributed by atoms with Crippen molar-refractivity contribution in [2.45, 2.75) is 77.3 Å². The van der Waals surface area contributed by atoms with E-state index in [4.69, 9.17) is 0 Å². The van der Waals surface area contributed by atoms with Crippen LogP contribution < -0.4 is 10.6 Å². The van der Waals surface area contributed by atoms with E-state index in [2.05, 4.69) is 40.6 Å². The molecule has 0 aromatic carbocycles. The Morgan fingerprint density at radius 3 is 3.00 bits per heavy atom. The van der Waals surface area contributed by atoms with Gasteiger partial charge in [-0.3, -0.25) is 4.79 Å². The van der Waals surface area contributed by atoms with Crippen LogP contribution >= 0.6 is 0 Å². The average Bonchev–Trinajstić information content (AvgIpc) is 3.04. The van der Waals surface area contributed by atoms with Crippen LogP contribution in [0.5, 0.6) is 0 Å². The van der Waals surface area contributed by atoms with Crippen LogP contribution in [0.2, 0.25) is 0 Å². The lowest BCUT2D eigenvalue weighted by Gasteiger charge is -2.23. The minimum Gasteiger partial charge on any atom is -0.355 e. The van der Waals surface area contributed by atoms with Gasteiger partial charge in [0.15, 0.2) is 5.82 Å². The second kappa shape index (κ2) is 8.61. The molecular weight excluding hydrogens is 314 g/mol. The van der Waals surface area contributed by atoms with E-state index in [1.807, 2.05) is 4.68 Å². The molecule has 0 bridgehead atoms. The van der Waals surface area contributed by atoms with Crippen molar-refractivity contribution in [3.63, 3.8) is 0 Å². The van der Waals surface area contributed by atoms with E-state index in [1.165, 1.54) is 31.3 Å². The Kier molecular flexibility index (Phi) is 6.24. The number of aryl methyl sites for hydroxylation is 1. The summed E-state index contributed by atoms with van der Waals surface area (Å²) < 4.78 is 2.00. The lowest BCUT2D eigenvalue weighted by Crippen LogP contribution is -2.43. The molecule has 0 unspecified atom stereocenters. The van der Waals surface area contributed by atoms with Crippen LogP contribution in [-0.4, -0.2) is 39.8 Å². The van der Waals surface area contributed by atoms with Crippen LogP contribution in [0.25, 0.3) is 0 Å². The molecule has 0 spiro atoms. The van der Waals surface area contributed by atoms with Gasteiger partial charge in [0.25, 0.3) is 0 Å². The fourth-order valence-corrected chi connectivity index (χ4v) is 3.53. The highest BCUT2D eigenvalue weighted by molar-refractivity contribution is 5.78. The maximum Gasteiger partial charge on any atom is 0.233 e. The second-order valence-corrected chi connectivity index (χ2v) is 7.55. The van der Waals surface area contributed by atoms with Gasteiger partial charge in [0.2, 0.25) is 5.91 Å². The van der Waals surface area contributed by atoms with Crippen molar-refractivity contribution in [3.8, 4) is 0 Å². The number of hydrogen-bond acceptors (Lipinski definition) is 4. The molecule has 1 aromatic rings. The van der Waals surface area contributed by atoms with Crippen LogP contribution in [0.4, 0.5) is 0 Å². The molecule has 0 radical (unpaired) electrons. The molecule has 25 heavy (non-hydrogen) atoms. The van der Waals surface area contributed by atoms with Crippen molar-refractivity contribution < 1.29 is 4.79 Å². The summed E-state index contributed by atoms with van der Waals surface area (Å²) in [6.45, 7) is 6.16. The molecule has 2 aliphatic rings. The summed E-state index contributed by atoms with van der Waals surface area (Å²) >= 11 is 0. The first-order valence-corrected chi connectivity index (χ1v) is 9.73. The lowest BCUT2D eigenvalue weighted by atomic mass is 9.97. The van der Waals surface area contributed by atoms with Gasteiger partial charge in [-0.25, -0.2) is 9.67 Å². The van der Waals surface area contributed by atoms with Crippen molar-refractivity contribution >= 4 is 5.91 Å². The Morgan fingerprint density at radius 1 is 1.36 bits per heavy atom. The minimum atomic E-state index is 0.0867. The summed E-state index contributed by atoms with van der Waals surface area (Å²) in [6.07, 6.45) is 10.3. The SMILES string of the molecule is CC(C)c1nc2n(n1)C[C@@H](NCC(=O)NCCC1=CCCCC1)CC2. The summed E-state index contributed by atoms with van der Waals surface area (Å²) in [4.78, 5) is 16.6. The third-order valence-electron chi connectivity index (χ3n) is 5.10. The zero-order chi connectivity index (χ0) is 17.6. The highest BCUT2D eigenvalue weighted by Crippen LogP contribution is 2.19. The third kappa shape index (κ3) is 5.14. The fraction of sp³-hybridized carbons (Fsp3) is 0.737. The Balaban J connectivity index is 1.37. The molecule has 3 rings (SSSR count). The first-order chi connectivity index (χ1) is 12.1. The standard InChI is InChI=1S/C19H31N5O/c1-14(2)19-22-17-9-8-16(13-24(17)23-19)21-12-18(25)20-11-10-15-6-4-3-5-7-15/h6,14,16,21H,3-5,7-13H2,1-2H3,(H,20,25)/t16-/m0/s1. The molecule has 2 N–H and O–H groups in total. The molecule has 2 heterocycles. The molecule has 0 saturated heterocycles. The van der Waals surface area contributed by atoms with Gasteiger partial charge in [0.05, 0.1) is 13.1 Å². The van der Waals surface area contributed by atoms with Gasteiger partial charge in [-0.2, -0.15) is 5.10 Å². The smallest absolute Gasteiger partial charge is 0.233 e. The molecule has 1 aromatic heterocycles. The molecule has 0 saturated carbocycles. The Bertz CT molecular complexity index is 619. The summed E-state index contributed by atoms with van der Waals surface area (Å²) in [5.74, 6) is 2.44. The van der Waals surface area contributed by atoms with E-state index in [0.717, 1.165) is 44.0 Å². The predicted molar refractivity (Wildman–Crippen MR) is 98.4 cm³/mol. The highest BCUT2D eigenvalue weighted by Gasteiger charge is 2.22. The topological polar surface area (TPSA) is 71.8 Å². The van der Waals surface area contributed by atoms with Crippen molar-refractivity contribution in [1.82, 2.24) is 25.4 Å². The third-order valence-corrected chi connectivity index (χ3v) is 5.10. The first kappa shape index (κ1) is 18.1. The first-order valence-electron chi connectivity index (χ1n) is 9.73. The monoisotopic (exact) mass is 345 g/mol. The van der Waals surface area contributed by atoms with E-state index < -0.39 is 0 Å². The molecule has 1 atom stereocenters. The summed E-state index contributed by atoms with van der Waals surface area (Å²) in [5, 5.41) is 11.0. The normalized spacial score (nSPS) is 20.3. The molecular formula is C19H31N5O. The van der Waals surface area contributed by atoms with Crippen molar-refractivity contribution in [2.75, 3.05) is 13.1 Å². The molecule has 0 fully saturated rings. The second-order valence-electron chi connectivity index (χ2n) is 7.55. The van der Waals surface area contributed by atoms with Crippen LogP contribution in [0, 0.1) is 0 Å². The fourth-order valence-electron chi connectivity index (χ4n) is 3.53. The zero-order valence-electron chi connectivity index (χ0n) is 15.6.